The Balaban J connectivity index is 1.70. The van der Waals surface area contributed by atoms with E-state index in [1.165, 1.54) is 0 Å². The first-order valence-electron chi connectivity index (χ1n) is 6.63. The number of fused-ring (bicyclic) bond motifs is 1. The fraction of sp³-hybridized carbons (Fsp3) is 0.429. The van der Waals surface area contributed by atoms with Crippen molar-refractivity contribution in [3.8, 4) is 11.5 Å². The Labute approximate surface area is 135 Å². The topological polar surface area (TPSA) is 57.4 Å². The fourth-order valence-corrected chi connectivity index (χ4v) is 3.54. The van der Waals surface area contributed by atoms with E-state index in [2.05, 4.69) is 33.0 Å². The number of hydrogen-bond acceptors (Lipinski definition) is 6. The minimum absolute atomic E-state index is 0.145. The molecule has 1 atom stereocenters. The number of thioether (sulfide) groups is 1. The van der Waals surface area contributed by atoms with Gasteiger partial charge >= 0.3 is 0 Å². The van der Waals surface area contributed by atoms with Crippen molar-refractivity contribution in [1.29, 1.82) is 0 Å². The maximum absolute atomic E-state index is 5.62. The zero-order chi connectivity index (χ0) is 14.8. The lowest BCUT2D eigenvalue weighted by Gasteiger charge is -2.20. The molecule has 0 saturated heterocycles. The second kappa shape index (κ2) is 6.27. The van der Waals surface area contributed by atoms with Crippen molar-refractivity contribution >= 4 is 27.7 Å². The van der Waals surface area contributed by atoms with Crippen LogP contribution in [0.2, 0.25) is 0 Å². The average molecular weight is 371 g/mol. The van der Waals surface area contributed by atoms with E-state index in [1.54, 1.807) is 11.8 Å². The minimum Gasteiger partial charge on any atom is -0.486 e. The van der Waals surface area contributed by atoms with Crippen molar-refractivity contribution in [1.82, 2.24) is 10.1 Å². The molecule has 0 aliphatic carbocycles. The molecule has 21 heavy (non-hydrogen) atoms. The minimum atomic E-state index is 0.145. The van der Waals surface area contributed by atoms with Gasteiger partial charge in [0.05, 0.1) is 5.25 Å². The summed E-state index contributed by atoms with van der Waals surface area (Å²) in [6.45, 7) is 5.07. The second-order valence-corrected chi connectivity index (χ2v) is 6.90. The van der Waals surface area contributed by atoms with Crippen molar-refractivity contribution < 1.29 is 14.0 Å². The van der Waals surface area contributed by atoms with Gasteiger partial charge in [-0.3, -0.25) is 0 Å². The number of hydrogen-bond donors (Lipinski definition) is 0. The molecule has 0 bridgehead atoms. The van der Waals surface area contributed by atoms with Crippen molar-refractivity contribution in [2.45, 2.75) is 24.9 Å². The molecule has 0 spiro atoms. The molecule has 1 aliphatic heterocycles. The molecule has 0 radical (unpaired) electrons. The molecule has 112 valence electrons. The van der Waals surface area contributed by atoms with E-state index >= 15 is 0 Å². The summed E-state index contributed by atoms with van der Waals surface area (Å²) in [4.78, 5) is 4.26. The Hall–Kier alpha value is -1.21. The summed E-state index contributed by atoms with van der Waals surface area (Å²) >= 11 is 5.32. The molecular formula is C14H15BrN2O3S. The molecule has 1 aromatic heterocycles. The summed E-state index contributed by atoms with van der Waals surface area (Å²) in [5.41, 5.74) is 1.16. The van der Waals surface area contributed by atoms with Crippen LogP contribution in [0.1, 0.15) is 29.5 Å². The van der Waals surface area contributed by atoms with E-state index in [9.17, 15) is 0 Å². The van der Waals surface area contributed by atoms with E-state index < -0.39 is 0 Å². The van der Waals surface area contributed by atoms with E-state index in [-0.39, 0.29) is 5.25 Å². The molecule has 0 saturated carbocycles. The molecule has 1 aliphatic rings. The summed E-state index contributed by atoms with van der Waals surface area (Å²) in [6.07, 6.45) is 0. The smallest absolute Gasteiger partial charge is 0.239 e. The normalized spacial score (nSPS) is 15.0. The maximum atomic E-state index is 5.62. The number of benzene rings is 1. The van der Waals surface area contributed by atoms with E-state index in [0.717, 1.165) is 27.3 Å². The van der Waals surface area contributed by atoms with Gasteiger partial charge in [-0.1, -0.05) is 21.1 Å². The van der Waals surface area contributed by atoms with Crippen LogP contribution >= 0.6 is 27.7 Å². The maximum Gasteiger partial charge on any atom is 0.239 e. The Bertz CT molecular complexity index is 647. The highest BCUT2D eigenvalue weighted by molar-refractivity contribution is 9.10. The van der Waals surface area contributed by atoms with Gasteiger partial charge in [-0.15, -0.1) is 11.8 Å². The van der Waals surface area contributed by atoms with Gasteiger partial charge in [-0.25, -0.2) is 0 Å². The quantitative estimate of drug-likeness (QED) is 0.812. The molecule has 7 heteroatoms. The number of aromatic nitrogens is 2. The van der Waals surface area contributed by atoms with Crippen LogP contribution in [0, 0.1) is 6.92 Å². The Morgan fingerprint density at radius 1 is 1.29 bits per heavy atom. The van der Waals surface area contributed by atoms with Crippen LogP contribution in [0.25, 0.3) is 0 Å². The molecule has 2 heterocycles. The lowest BCUT2D eigenvalue weighted by atomic mass is 10.2. The summed E-state index contributed by atoms with van der Waals surface area (Å²) in [5, 5.41) is 3.97. The molecule has 0 amide bonds. The molecule has 0 N–H and O–H groups in total. The summed E-state index contributed by atoms with van der Waals surface area (Å²) in [5.74, 6) is 3.74. The molecule has 3 rings (SSSR count). The van der Waals surface area contributed by atoms with Gasteiger partial charge in [0, 0.05) is 10.2 Å². The third kappa shape index (κ3) is 3.35. The zero-order valence-electron chi connectivity index (χ0n) is 11.8. The highest BCUT2D eigenvalue weighted by Gasteiger charge is 2.17. The lowest BCUT2D eigenvalue weighted by Crippen LogP contribution is -2.15. The van der Waals surface area contributed by atoms with Crippen LogP contribution < -0.4 is 9.47 Å². The highest BCUT2D eigenvalue weighted by Crippen LogP contribution is 2.39. The molecule has 1 aromatic carbocycles. The Morgan fingerprint density at radius 3 is 2.67 bits per heavy atom. The summed E-state index contributed by atoms with van der Waals surface area (Å²) < 4.78 is 17.4. The summed E-state index contributed by atoms with van der Waals surface area (Å²) in [7, 11) is 0. The second-order valence-electron chi connectivity index (χ2n) is 4.72. The van der Waals surface area contributed by atoms with Crippen LogP contribution in [-0.2, 0) is 5.75 Å². The van der Waals surface area contributed by atoms with Gasteiger partial charge in [0.15, 0.2) is 17.3 Å². The van der Waals surface area contributed by atoms with E-state index in [1.807, 2.05) is 19.1 Å². The van der Waals surface area contributed by atoms with Crippen LogP contribution in [0.15, 0.2) is 21.1 Å². The number of halogens is 1. The SMILES string of the molecule is Cc1noc([C@@H](C)SCc2cc3c(cc2Br)OCCO3)n1. The predicted octanol–water partition coefficient (Wildman–Crippen LogP) is 3.91. The van der Waals surface area contributed by atoms with Gasteiger partial charge in [0.1, 0.15) is 13.2 Å². The van der Waals surface area contributed by atoms with Crippen molar-refractivity contribution in [3.63, 3.8) is 0 Å². The molecular weight excluding hydrogens is 356 g/mol. The summed E-state index contributed by atoms with van der Waals surface area (Å²) in [6, 6.07) is 3.99. The first kappa shape index (κ1) is 14.7. The first-order valence-corrected chi connectivity index (χ1v) is 8.47. The largest absolute Gasteiger partial charge is 0.486 e. The Kier molecular flexibility index (Phi) is 4.40. The van der Waals surface area contributed by atoms with E-state index in [0.29, 0.717) is 24.9 Å². The molecule has 5 nitrogen and oxygen atoms in total. The average Bonchev–Trinajstić information content (AvgIpc) is 2.91. The first-order chi connectivity index (χ1) is 10.1. The van der Waals surface area contributed by atoms with Crippen LogP contribution in [-0.4, -0.2) is 23.4 Å². The van der Waals surface area contributed by atoms with Crippen LogP contribution in [0.3, 0.4) is 0 Å². The third-order valence-electron chi connectivity index (χ3n) is 3.09. The number of ether oxygens (including phenoxy) is 2. The van der Waals surface area contributed by atoms with Crippen molar-refractivity contribution in [2.75, 3.05) is 13.2 Å². The molecule has 0 unspecified atom stereocenters. The fourth-order valence-electron chi connectivity index (χ4n) is 1.98. The number of aryl methyl sites for hydroxylation is 1. The van der Waals surface area contributed by atoms with Gasteiger partial charge in [-0.05, 0) is 31.5 Å². The van der Waals surface area contributed by atoms with Crippen molar-refractivity contribution in [2.24, 2.45) is 0 Å². The monoisotopic (exact) mass is 370 g/mol. The zero-order valence-corrected chi connectivity index (χ0v) is 14.2. The van der Waals surface area contributed by atoms with Gasteiger partial charge < -0.3 is 14.0 Å². The molecule has 0 fully saturated rings. The van der Waals surface area contributed by atoms with Gasteiger partial charge in [0.25, 0.3) is 0 Å². The number of nitrogens with zero attached hydrogens (tertiary/aromatic N) is 2. The Morgan fingerprint density at radius 2 is 2.00 bits per heavy atom. The predicted molar refractivity (Wildman–Crippen MR) is 83.9 cm³/mol. The number of rotatable bonds is 4. The molecule has 2 aromatic rings. The van der Waals surface area contributed by atoms with Gasteiger partial charge in [0.2, 0.25) is 5.89 Å². The van der Waals surface area contributed by atoms with Crippen LogP contribution in [0.5, 0.6) is 11.5 Å². The van der Waals surface area contributed by atoms with Crippen molar-refractivity contribution in [3.05, 3.63) is 33.9 Å². The van der Waals surface area contributed by atoms with Gasteiger partial charge in [-0.2, -0.15) is 4.98 Å². The standard InChI is InChI=1S/C14H15BrN2O3S/c1-8(14-16-9(2)17-20-14)21-7-10-5-12-13(6-11(10)15)19-4-3-18-12/h5-6,8H,3-4,7H2,1-2H3/t8-/m1/s1. The van der Waals surface area contributed by atoms with E-state index in [4.69, 9.17) is 14.0 Å². The lowest BCUT2D eigenvalue weighted by molar-refractivity contribution is 0.171. The van der Waals surface area contributed by atoms with Crippen LogP contribution in [0.4, 0.5) is 0 Å². The third-order valence-corrected chi connectivity index (χ3v) is 5.01. The highest BCUT2D eigenvalue weighted by atomic mass is 79.9.